The zero-order valence-electron chi connectivity index (χ0n) is 10.3. The highest BCUT2D eigenvalue weighted by Gasteiger charge is 2.23. The van der Waals surface area contributed by atoms with Gasteiger partial charge >= 0.3 is 0 Å². The van der Waals surface area contributed by atoms with Crippen LogP contribution >= 0.6 is 0 Å². The van der Waals surface area contributed by atoms with Crippen molar-refractivity contribution in [1.29, 1.82) is 0 Å². The summed E-state index contributed by atoms with van der Waals surface area (Å²) in [4.78, 5) is 0. The van der Waals surface area contributed by atoms with Gasteiger partial charge < -0.3 is 5.32 Å². The van der Waals surface area contributed by atoms with Crippen LogP contribution in [0.3, 0.4) is 0 Å². The van der Waals surface area contributed by atoms with Crippen LogP contribution < -0.4 is 5.32 Å². The maximum Gasteiger partial charge on any atom is 0.0342 e. The Balaban J connectivity index is 1.96. The number of anilines is 1. The zero-order valence-corrected chi connectivity index (χ0v) is 10.3. The third kappa shape index (κ3) is 3.01. The summed E-state index contributed by atoms with van der Waals surface area (Å²) in [5, 5.41) is 3.72. The van der Waals surface area contributed by atoms with E-state index in [1.54, 1.807) is 0 Å². The van der Waals surface area contributed by atoms with Crippen LogP contribution in [-0.4, -0.2) is 6.04 Å². The fourth-order valence-corrected chi connectivity index (χ4v) is 2.86. The van der Waals surface area contributed by atoms with Crippen molar-refractivity contribution in [3.05, 3.63) is 30.3 Å². The molecule has 0 spiro atoms. The van der Waals surface area contributed by atoms with Gasteiger partial charge in [0.05, 0.1) is 0 Å². The molecule has 1 nitrogen and oxygen atoms in total. The predicted octanol–water partition coefficient (Wildman–Crippen LogP) is 4.46. The molecule has 0 radical (unpaired) electrons. The largest absolute Gasteiger partial charge is 0.382 e. The molecule has 1 aliphatic carbocycles. The number of hydrogen-bond acceptors (Lipinski definition) is 1. The van der Waals surface area contributed by atoms with Crippen LogP contribution in [0.15, 0.2) is 30.3 Å². The number of para-hydroxylation sites is 1. The second-order valence-corrected chi connectivity index (χ2v) is 4.95. The zero-order chi connectivity index (χ0) is 11.2. The third-order valence-electron chi connectivity index (χ3n) is 3.69. The maximum atomic E-state index is 3.72. The summed E-state index contributed by atoms with van der Waals surface area (Å²) in [6.45, 7) is 2.30. The molecule has 0 aliphatic heterocycles. The highest BCUT2D eigenvalue weighted by molar-refractivity contribution is 5.43. The van der Waals surface area contributed by atoms with Crippen molar-refractivity contribution in [2.24, 2.45) is 5.92 Å². The molecule has 2 atom stereocenters. The second kappa shape index (κ2) is 5.93. The van der Waals surface area contributed by atoms with E-state index >= 15 is 0 Å². The topological polar surface area (TPSA) is 12.0 Å². The molecule has 1 saturated carbocycles. The Hall–Kier alpha value is -0.980. The van der Waals surface area contributed by atoms with Gasteiger partial charge in [-0.3, -0.25) is 0 Å². The smallest absolute Gasteiger partial charge is 0.0342 e. The highest BCUT2D eigenvalue weighted by atomic mass is 14.9. The van der Waals surface area contributed by atoms with Gasteiger partial charge in [0.1, 0.15) is 0 Å². The second-order valence-electron chi connectivity index (χ2n) is 4.95. The first kappa shape index (κ1) is 11.5. The number of nitrogens with one attached hydrogen (secondary N) is 1. The normalized spacial score (nSPS) is 25.3. The average Bonchev–Trinajstić information content (AvgIpc) is 2.33. The molecule has 2 unspecified atom stereocenters. The van der Waals surface area contributed by atoms with Crippen molar-refractivity contribution in [2.75, 3.05) is 5.32 Å². The van der Waals surface area contributed by atoms with E-state index < -0.39 is 0 Å². The van der Waals surface area contributed by atoms with Crippen LogP contribution in [0.25, 0.3) is 0 Å². The molecular formula is C15H23N. The molecule has 88 valence electrons. The fourth-order valence-electron chi connectivity index (χ4n) is 2.86. The molecule has 1 heteroatoms. The molecule has 2 rings (SSSR count). The van der Waals surface area contributed by atoms with Gasteiger partial charge in [-0.2, -0.15) is 0 Å². The van der Waals surface area contributed by atoms with Gasteiger partial charge in [0.25, 0.3) is 0 Å². The van der Waals surface area contributed by atoms with Crippen LogP contribution in [0.1, 0.15) is 45.4 Å². The van der Waals surface area contributed by atoms with E-state index in [9.17, 15) is 0 Å². The van der Waals surface area contributed by atoms with E-state index in [4.69, 9.17) is 0 Å². The molecule has 1 aromatic carbocycles. The molecule has 16 heavy (non-hydrogen) atoms. The van der Waals surface area contributed by atoms with E-state index in [-0.39, 0.29) is 0 Å². The molecule has 1 aromatic rings. The molecule has 0 heterocycles. The minimum Gasteiger partial charge on any atom is -0.382 e. The molecular weight excluding hydrogens is 194 g/mol. The summed E-state index contributed by atoms with van der Waals surface area (Å²) in [6.07, 6.45) is 8.28. The summed E-state index contributed by atoms with van der Waals surface area (Å²) >= 11 is 0. The Bertz CT molecular complexity index is 292. The summed E-state index contributed by atoms with van der Waals surface area (Å²) in [7, 11) is 0. The van der Waals surface area contributed by atoms with E-state index in [2.05, 4.69) is 42.6 Å². The first-order valence-electron chi connectivity index (χ1n) is 6.71. The van der Waals surface area contributed by atoms with Crippen molar-refractivity contribution >= 4 is 5.69 Å². The van der Waals surface area contributed by atoms with Crippen LogP contribution in [0, 0.1) is 5.92 Å². The molecule has 0 amide bonds. The average molecular weight is 217 g/mol. The quantitative estimate of drug-likeness (QED) is 0.785. The van der Waals surface area contributed by atoms with Crippen LogP contribution in [-0.2, 0) is 0 Å². The van der Waals surface area contributed by atoms with Crippen LogP contribution in [0.2, 0.25) is 0 Å². The Kier molecular flexibility index (Phi) is 4.26. The lowest BCUT2D eigenvalue weighted by Crippen LogP contribution is -2.32. The Morgan fingerprint density at radius 3 is 2.62 bits per heavy atom. The minimum atomic E-state index is 0.705. The highest BCUT2D eigenvalue weighted by Crippen LogP contribution is 2.30. The lowest BCUT2D eigenvalue weighted by molar-refractivity contribution is 0.306. The van der Waals surface area contributed by atoms with Gasteiger partial charge in [-0.1, -0.05) is 44.4 Å². The van der Waals surface area contributed by atoms with Crippen molar-refractivity contribution in [3.8, 4) is 0 Å². The number of benzene rings is 1. The van der Waals surface area contributed by atoms with Crippen molar-refractivity contribution in [3.63, 3.8) is 0 Å². The van der Waals surface area contributed by atoms with E-state index in [0.717, 1.165) is 5.92 Å². The summed E-state index contributed by atoms with van der Waals surface area (Å²) < 4.78 is 0. The number of rotatable bonds is 4. The summed E-state index contributed by atoms with van der Waals surface area (Å²) in [5.74, 6) is 0.888. The van der Waals surface area contributed by atoms with E-state index in [1.807, 2.05) is 0 Å². The Morgan fingerprint density at radius 2 is 1.88 bits per heavy atom. The van der Waals surface area contributed by atoms with Gasteiger partial charge in [-0.05, 0) is 37.3 Å². The molecule has 0 saturated heterocycles. The van der Waals surface area contributed by atoms with Crippen molar-refractivity contribution in [2.45, 2.75) is 51.5 Å². The predicted molar refractivity (Wildman–Crippen MR) is 70.7 cm³/mol. The SMILES string of the molecule is CCCC1CCCCC1Nc1ccccc1. The molecule has 0 aromatic heterocycles. The first-order chi connectivity index (χ1) is 7.90. The first-order valence-corrected chi connectivity index (χ1v) is 6.71. The van der Waals surface area contributed by atoms with Crippen LogP contribution in [0.5, 0.6) is 0 Å². The molecule has 1 fully saturated rings. The minimum absolute atomic E-state index is 0.705. The van der Waals surface area contributed by atoms with Gasteiger partial charge in [-0.15, -0.1) is 0 Å². The Morgan fingerprint density at radius 1 is 1.12 bits per heavy atom. The van der Waals surface area contributed by atoms with Gasteiger partial charge in [0.2, 0.25) is 0 Å². The van der Waals surface area contributed by atoms with Crippen LogP contribution in [0.4, 0.5) is 5.69 Å². The fraction of sp³-hybridized carbons (Fsp3) is 0.600. The Labute approximate surface area is 99.3 Å². The van der Waals surface area contributed by atoms with E-state index in [1.165, 1.54) is 44.2 Å². The molecule has 1 N–H and O–H groups in total. The monoisotopic (exact) mass is 217 g/mol. The van der Waals surface area contributed by atoms with Gasteiger partial charge in [0, 0.05) is 11.7 Å². The summed E-state index contributed by atoms with van der Waals surface area (Å²) in [6, 6.07) is 11.4. The lowest BCUT2D eigenvalue weighted by atomic mass is 9.81. The van der Waals surface area contributed by atoms with Gasteiger partial charge in [-0.25, -0.2) is 0 Å². The van der Waals surface area contributed by atoms with Crippen molar-refractivity contribution < 1.29 is 0 Å². The molecule has 0 bridgehead atoms. The number of hydrogen-bond donors (Lipinski definition) is 1. The third-order valence-corrected chi connectivity index (χ3v) is 3.69. The summed E-state index contributed by atoms with van der Waals surface area (Å²) in [5.41, 5.74) is 1.29. The lowest BCUT2D eigenvalue weighted by Gasteiger charge is -2.32. The van der Waals surface area contributed by atoms with Gasteiger partial charge in [0.15, 0.2) is 0 Å². The maximum absolute atomic E-state index is 3.72. The van der Waals surface area contributed by atoms with E-state index in [0.29, 0.717) is 6.04 Å². The van der Waals surface area contributed by atoms with Crippen molar-refractivity contribution in [1.82, 2.24) is 0 Å². The standard InChI is InChI=1S/C15H23N/c1-2-8-13-9-6-7-12-15(13)16-14-10-4-3-5-11-14/h3-5,10-11,13,15-16H,2,6-9,12H2,1H3. The molecule has 1 aliphatic rings.